The van der Waals surface area contributed by atoms with Crippen LogP contribution in [0.3, 0.4) is 0 Å². The van der Waals surface area contributed by atoms with Crippen molar-refractivity contribution in [1.29, 1.82) is 0 Å². The molecule has 1 fully saturated rings. The lowest BCUT2D eigenvalue weighted by Gasteiger charge is -2.28. The fourth-order valence-electron chi connectivity index (χ4n) is 3.90. The van der Waals surface area contributed by atoms with Crippen LogP contribution in [-0.2, 0) is 16.9 Å². The maximum atomic E-state index is 13.0. The Labute approximate surface area is 168 Å². The number of fused-ring (bicyclic) bond motifs is 2. The van der Waals surface area contributed by atoms with E-state index >= 15 is 0 Å². The number of carbonyl (C=O) groups excluding carboxylic acids is 3. The Morgan fingerprint density at radius 1 is 1.13 bits per heavy atom. The standard InChI is InChI=1S/C20H16N4O6/c1-29-11-3-2-10-8-24(17(26)12(10)6-11)9-20(18(27)22-19(28)23-20)15-7-13-14(30-15)4-5-16(25)21-13/h2-7H,8-9H2,1H3,(H,21,25)(H2,22,23,27,28). The summed E-state index contributed by atoms with van der Waals surface area (Å²) >= 11 is 0. The Balaban J connectivity index is 1.56. The van der Waals surface area contributed by atoms with Crippen molar-refractivity contribution < 1.29 is 23.5 Å². The molecular weight excluding hydrogens is 392 g/mol. The predicted molar refractivity (Wildman–Crippen MR) is 103 cm³/mol. The van der Waals surface area contributed by atoms with Gasteiger partial charge < -0.3 is 24.4 Å². The van der Waals surface area contributed by atoms with Crippen LogP contribution in [0, 0.1) is 0 Å². The van der Waals surface area contributed by atoms with Crippen LogP contribution in [0.2, 0.25) is 0 Å². The summed E-state index contributed by atoms with van der Waals surface area (Å²) in [6, 6.07) is 8.75. The van der Waals surface area contributed by atoms with Crippen LogP contribution in [0.25, 0.3) is 11.1 Å². The Hall–Kier alpha value is -4.08. The van der Waals surface area contributed by atoms with E-state index in [1.165, 1.54) is 30.2 Å². The van der Waals surface area contributed by atoms with Gasteiger partial charge in [0.1, 0.15) is 11.5 Å². The van der Waals surface area contributed by atoms with Gasteiger partial charge in [-0.05, 0) is 23.8 Å². The molecule has 0 aliphatic carbocycles. The zero-order chi connectivity index (χ0) is 21.0. The fourth-order valence-corrected chi connectivity index (χ4v) is 3.90. The van der Waals surface area contributed by atoms with Crippen molar-refractivity contribution in [3.8, 4) is 5.75 Å². The highest BCUT2D eigenvalue weighted by Crippen LogP contribution is 2.34. The van der Waals surface area contributed by atoms with Crippen LogP contribution in [0.1, 0.15) is 21.7 Å². The third-order valence-electron chi connectivity index (χ3n) is 5.39. The zero-order valence-electron chi connectivity index (χ0n) is 15.8. The number of aromatic nitrogens is 1. The van der Waals surface area contributed by atoms with Crippen molar-refractivity contribution >= 4 is 28.9 Å². The average molecular weight is 408 g/mol. The second-order valence-corrected chi connectivity index (χ2v) is 7.21. The summed E-state index contributed by atoms with van der Waals surface area (Å²) < 4.78 is 11.0. The van der Waals surface area contributed by atoms with E-state index in [-0.39, 0.29) is 30.3 Å². The van der Waals surface area contributed by atoms with Gasteiger partial charge in [0.2, 0.25) is 5.56 Å². The number of hydrogen-bond acceptors (Lipinski definition) is 6. The SMILES string of the molecule is COc1ccc2c(c1)C(=O)N(CC1(c3cc4[nH]c(=O)ccc4o3)NC(=O)NC1=O)C2. The summed E-state index contributed by atoms with van der Waals surface area (Å²) in [7, 11) is 1.51. The van der Waals surface area contributed by atoms with Gasteiger partial charge in [0, 0.05) is 24.2 Å². The Bertz CT molecular complexity index is 1290. The number of nitrogens with zero attached hydrogens (tertiary/aromatic N) is 1. The van der Waals surface area contributed by atoms with E-state index in [1.807, 2.05) is 0 Å². The number of furan rings is 1. The molecule has 0 bridgehead atoms. The van der Waals surface area contributed by atoms with Crippen molar-refractivity contribution in [2.24, 2.45) is 0 Å². The van der Waals surface area contributed by atoms with E-state index in [0.29, 0.717) is 22.4 Å². The molecule has 4 heterocycles. The molecule has 30 heavy (non-hydrogen) atoms. The minimum Gasteiger partial charge on any atom is -0.497 e. The van der Waals surface area contributed by atoms with Crippen LogP contribution in [-0.4, -0.2) is 41.4 Å². The molecule has 10 nitrogen and oxygen atoms in total. The van der Waals surface area contributed by atoms with Crippen molar-refractivity contribution in [3.05, 3.63) is 63.6 Å². The summed E-state index contributed by atoms with van der Waals surface area (Å²) in [5, 5.41) is 4.81. The topological polar surface area (TPSA) is 134 Å². The second kappa shape index (κ2) is 6.21. The molecule has 10 heteroatoms. The van der Waals surface area contributed by atoms with E-state index in [1.54, 1.807) is 18.2 Å². The van der Waals surface area contributed by atoms with E-state index in [4.69, 9.17) is 9.15 Å². The smallest absolute Gasteiger partial charge is 0.322 e. The molecule has 3 N–H and O–H groups in total. The number of urea groups is 1. The molecule has 2 aliphatic rings. The van der Waals surface area contributed by atoms with Crippen molar-refractivity contribution in [2.75, 3.05) is 13.7 Å². The minimum atomic E-state index is -1.63. The van der Waals surface area contributed by atoms with Crippen LogP contribution < -0.4 is 20.9 Å². The van der Waals surface area contributed by atoms with E-state index in [9.17, 15) is 19.2 Å². The molecular formula is C20H16N4O6. The molecule has 1 unspecified atom stereocenters. The summed E-state index contributed by atoms with van der Waals surface area (Å²) in [6.45, 7) is 0.116. The number of ether oxygens (including phenoxy) is 1. The number of carbonyl (C=O) groups is 3. The molecule has 1 atom stereocenters. The lowest BCUT2D eigenvalue weighted by molar-refractivity contribution is -0.125. The Morgan fingerprint density at radius 3 is 2.70 bits per heavy atom. The molecule has 5 rings (SSSR count). The number of pyridine rings is 1. The molecule has 0 radical (unpaired) electrons. The molecule has 3 aromatic rings. The van der Waals surface area contributed by atoms with Crippen LogP contribution in [0.5, 0.6) is 5.75 Å². The number of rotatable bonds is 4. The first-order valence-corrected chi connectivity index (χ1v) is 9.13. The van der Waals surface area contributed by atoms with Crippen molar-refractivity contribution in [2.45, 2.75) is 12.1 Å². The second-order valence-electron chi connectivity index (χ2n) is 7.21. The largest absolute Gasteiger partial charge is 0.497 e. The number of imide groups is 1. The number of aromatic amines is 1. The van der Waals surface area contributed by atoms with E-state index < -0.39 is 17.5 Å². The highest BCUT2D eigenvalue weighted by molar-refractivity contribution is 6.08. The molecule has 2 aromatic heterocycles. The van der Waals surface area contributed by atoms with Gasteiger partial charge in [-0.15, -0.1) is 0 Å². The van der Waals surface area contributed by atoms with Crippen LogP contribution in [0.15, 0.2) is 45.6 Å². The molecule has 0 saturated carbocycles. The first-order valence-electron chi connectivity index (χ1n) is 9.13. The van der Waals surface area contributed by atoms with Crippen molar-refractivity contribution in [1.82, 2.24) is 20.5 Å². The average Bonchev–Trinajstić information content (AvgIpc) is 3.36. The Kier molecular flexibility index (Phi) is 3.72. The van der Waals surface area contributed by atoms with Gasteiger partial charge in [-0.25, -0.2) is 4.79 Å². The number of hydrogen-bond donors (Lipinski definition) is 3. The summed E-state index contributed by atoms with van der Waals surface area (Å²) in [5.74, 6) is -0.271. The molecule has 4 amide bonds. The zero-order valence-corrected chi connectivity index (χ0v) is 15.8. The van der Waals surface area contributed by atoms with Gasteiger partial charge in [0.05, 0.1) is 19.2 Å². The maximum Gasteiger partial charge on any atom is 0.322 e. The number of amides is 4. The highest BCUT2D eigenvalue weighted by atomic mass is 16.5. The van der Waals surface area contributed by atoms with Gasteiger partial charge in [0.25, 0.3) is 11.8 Å². The molecule has 0 spiro atoms. The van der Waals surface area contributed by atoms with Gasteiger partial charge in [-0.2, -0.15) is 0 Å². The van der Waals surface area contributed by atoms with Gasteiger partial charge in [-0.1, -0.05) is 6.07 Å². The maximum absolute atomic E-state index is 13.0. The lowest BCUT2D eigenvalue weighted by Crippen LogP contribution is -2.52. The number of benzene rings is 1. The minimum absolute atomic E-state index is 0.115. The third kappa shape index (κ3) is 2.57. The lowest BCUT2D eigenvalue weighted by atomic mass is 9.95. The first kappa shape index (κ1) is 18.0. The first-order chi connectivity index (χ1) is 14.4. The third-order valence-corrected chi connectivity index (χ3v) is 5.39. The van der Waals surface area contributed by atoms with Crippen LogP contribution >= 0.6 is 0 Å². The monoisotopic (exact) mass is 408 g/mol. The summed E-state index contributed by atoms with van der Waals surface area (Å²) in [5.41, 5.74) is 0.0282. The number of H-pyrrole nitrogens is 1. The highest BCUT2D eigenvalue weighted by Gasteiger charge is 2.53. The molecule has 152 valence electrons. The van der Waals surface area contributed by atoms with E-state index in [0.717, 1.165) is 5.56 Å². The molecule has 2 aliphatic heterocycles. The quantitative estimate of drug-likeness (QED) is 0.548. The molecule has 1 aromatic carbocycles. The predicted octanol–water partition coefficient (Wildman–Crippen LogP) is 0.820. The summed E-state index contributed by atoms with van der Waals surface area (Å²) in [6.07, 6.45) is 0. The van der Waals surface area contributed by atoms with E-state index in [2.05, 4.69) is 15.6 Å². The van der Waals surface area contributed by atoms with Crippen molar-refractivity contribution in [3.63, 3.8) is 0 Å². The van der Waals surface area contributed by atoms with Gasteiger partial charge >= 0.3 is 6.03 Å². The number of methoxy groups -OCH3 is 1. The number of nitrogens with one attached hydrogen (secondary N) is 3. The molecule has 1 saturated heterocycles. The van der Waals surface area contributed by atoms with Gasteiger partial charge in [-0.3, -0.25) is 19.7 Å². The Morgan fingerprint density at radius 2 is 1.97 bits per heavy atom. The fraction of sp³-hybridized carbons (Fsp3) is 0.200. The summed E-state index contributed by atoms with van der Waals surface area (Å²) in [4.78, 5) is 53.5. The van der Waals surface area contributed by atoms with Gasteiger partial charge in [0.15, 0.2) is 11.1 Å². The normalized spacial score (nSPS) is 20.4. The van der Waals surface area contributed by atoms with Crippen LogP contribution in [0.4, 0.5) is 4.79 Å².